The van der Waals surface area contributed by atoms with Crippen LogP contribution in [0.5, 0.6) is 0 Å². The zero-order valence-electron chi connectivity index (χ0n) is 27.0. The second-order valence-electron chi connectivity index (χ2n) is 11.3. The molecule has 1 fully saturated rings. The number of amides is 2. The van der Waals surface area contributed by atoms with Gasteiger partial charge in [0.15, 0.2) is 24.5 Å². The Morgan fingerprint density at radius 2 is 1.35 bits per heavy atom. The Labute approximate surface area is 276 Å². The van der Waals surface area contributed by atoms with E-state index in [1.165, 1.54) is 6.92 Å². The Balaban J connectivity index is 1.52. The lowest BCUT2D eigenvalue weighted by atomic mass is 9.95. The van der Waals surface area contributed by atoms with E-state index in [1.807, 2.05) is 48.5 Å². The van der Waals surface area contributed by atoms with E-state index in [4.69, 9.17) is 28.4 Å². The Morgan fingerprint density at radius 3 is 1.88 bits per heavy atom. The molecule has 0 spiro atoms. The van der Waals surface area contributed by atoms with E-state index in [-0.39, 0.29) is 12.5 Å². The molecule has 4 rings (SSSR count). The number of aliphatic carboxylic acids is 1. The van der Waals surface area contributed by atoms with Crippen LogP contribution in [0.4, 0.5) is 4.79 Å². The topological polar surface area (TPSA) is 202 Å². The van der Waals surface area contributed by atoms with Gasteiger partial charge in [0.05, 0.1) is 6.10 Å². The van der Waals surface area contributed by atoms with Crippen molar-refractivity contribution in [2.24, 2.45) is 0 Å². The highest BCUT2D eigenvalue weighted by atomic mass is 16.7. The summed E-state index contributed by atoms with van der Waals surface area (Å²) >= 11 is 0. The summed E-state index contributed by atoms with van der Waals surface area (Å²) in [6.45, 7) is 5.26. The number of carboxylic acids is 1. The fourth-order valence-corrected chi connectivity index (χ4v) is 5.84. The van der Waals surface area contributed by atoms with Crippen LogP contribution >= 0.6 is 0 Å². The molecule has 15 nitrogen and oxygen atoms in total. The summed E-state index contributed by atoms with van der Waals surface area (Å²) in [6, 6.07) is 12.4. The van der Waals surface area contributed by atoms with Crippen molar-refractivity contribution in [2.45, 2.75) is 83.3 Å². The van der Waals surface area contributed by atoms with E-state index in [1.54, 1.807) is 0 Å². The van der Waals surface area contributed by atoms with E-state index in [9.17, 15) is 33.9 Å². The number of hydrogen-bond donors (Lipinski definition) is 3. The van der Waals surface area contributed by atoms with Gasteiger partial charge >= 0.3 is 30.0 Å². The SMILES string of the molecule is CC(=O)N[C@H]1[C@@H](O[C@@H](C)[C@H](NC(=O)OCC2c3ccccc3-c3ccccc32)C(=O)O)O[C@H](COC(C)=O)[C@H](OC(C)=O)[C@@H]1OC(C)=O. The molecule has 48 heavy (non-hydrogen) atoms. The van der Waals surface area contributed by atoms with Crippen molar-refractivity contribution >= 4 is 35.9 Å². The molecule has 0 aromatic heterocycles. The fraction of sp³-hybridized carbons (Fsp3) is 0.455. The molecule has 1 aliphatic heterocycles. The molecule has 0 saturated carbocycles. The molecule has 7 atom stereocenters. The van der Waals surface area contributed by atoms with Crippen molar-refractivity contribution < 1.29 is 62.3 Å². The highest BCUT2D eigenvalue weighted by molar-refractivity contribution is 5.81. The van der Waals surface area contributed by atoms with Crippen molar-refractivity contribution in [3.63, 3.8) is 0 Å². The smallest absolute Gasteiger partial charge is 0.407 e. The minimum absolute atomic E-state index is 0.0722. The lowest BCUT2D eigenvalue weighted by Gasteiger charge is -2.45. The molecule has 15 heteroatoms. The first kappa shape index (κ1) is 35.8. The quantitative estimate of drug-likeness (QED) is 0.219. The number of nitrogens with one attached hydrogen (secondary N) is 2. The second-order valence-corrected chi connectivity index (χ2v) is 11.3. The van der Waals surface area contributed by atoms with Gasteiger partial charge in [-0.1, -0.05) is 48.5 Å². The normalized spacial score (nSPS) is 22.6. The van der Waals surface area contributed by atoms with E-state index in [0.717, 1.165) is 49.9 Å². The summed E-state index contributed by atoms with van der Waals surface area (Å²) in [4.78, 5) is 73.2. The Hall–Kier alpha value is -5.02. The van der Waals surface area contributed by atoms with Gasteiger partial charge in [-0.2, -0.15) is 0 Å². The van der Waals surface area contributed by atoms with Crippen molar-refractivity contribution in [3.05, 3.63) is 59.7 Å². The maximum absolute atomic E-state index is 13.0. The third kappa shape index (κ3) is 8.66. The summed E-state index contributed by atoms with van der Waals surface area (Å²) in [7, 11) is 0. The van der Waals surface area contributed by atoms with Crippen LogP contribution in [0, 0.1) is 0 Å². The van der Waals surface area contributed by atoms with Gasteiger partial charge in [-0.3, -0.25) is 19.2 Å². The lowest BCUT2D eigenvalue weighted by molar-refractivity contribution is -0.287. The first-order valence-corrected chi connectivity index (χ1v) is 15.2. The van der Waals surface area contributed by atoms with Crippen LogP contribution in [-0.2, 0) is 52.4 Å². The van der Waals surface area contributed by atoms with Crippen molar-refractivity contribution in [2.75, 3.05) is 13.2 Å². The van der Waals surface area contributed by atoms with Gasteiger partial charge in [-0.15, -0.1) is 0 Å². The van der Waals surface area contributed by atoms with Gasteiger partial charge < -0.3 is 44.2 Å². The molecule has 2 aromatic carbocycles. The number of carbonyl (C=O) groups is 6. The van der Waals surface area contributed by atoms with Gasteiger partial charge in [0.2, 0.25) is 5.91 Å². The van der Waals surface area contributed by atoms with E-state index in [2.05, 4.69) is 10.6 Å². The summed E-state index contributed by atoms with van der Waals surface area (Å²) in [5.41, 5.74) is 3.97. The van der Waals surface area contributed by atoms with Crippen LogP contribution in [-0.4, -0.2) is 97.0 Å². The first-order chi connectivity index (χ1) is 22.8. The zero-order chi connectivity index (χ0) is 35.1. The fourth-order valence-electron chi connectivity index (χ4n) is 5.84. The van der Waals surface area contributed by atoms with Crippen LogP contribution in [0.2, 0.25) is 0 Å². The Bertz CT molecular complexity index is 1500. The molecule has 2 aliphatic rings. The molecule has 0 radical (unpaired) electrons. The molecule has 258 valence electrons. The van der Waals surface area contributed by atoms with Gasteiger partial charge in [0.1, 0.15) is 25.4 Å². The first-order valence-electron chi connectivity index (χ1n) is 15.2. The minimum atomic E-state index is -1.69. The molecule has 0 bridgehead atoms. The number of rotatable bonds is 12. The molecule has 1 heterocycles. The minimum Gasteiger partial charge on any atom is -0.480 e. The molecule has 1 saturated heterocycles. The van der Waals surface area contributed by atoms with Gasteiger partial charge in [-0.05, 0) is 29.2 Å². The summed E-state index contributed by atoms with van der Waals surface area (Å²) < 4.78 is 33.2. The third-order valence-electron chi connectivity index (χ3n) is 7.77. The van der Waals surface area contributed by atoms with E-state index < -0.39 is 85.3 Å². The molecule has 2 amide bonds. The zero-order valence-corrected chi connectivity index (χ0v) is 27.0. The number of carbonyl (C=O) groups excluding carboxylic acids is 5. The molecule has 2 aromatic rings. The number of carboxylic acid groups (broad SMARTS) is 1. The predicted molar refractivity (Wildman–Crippen MR) is 164 cm³/mol. The number of alkyl carbamates (subject to hydrolysis) is 1. The van der Waals surface area contributed by atoms with Crippen molar-refractivity contribution in [1.82, 2.24) is 10.6 Å². The summed E-state index contributed by atoms with van der Waals surface area (Å²) in [5, 5.41) is 14.9. The van der Waals surface area contributed by atoms with Gasteiger partial charge in [0.25, 0.3) is 0 Å². The standard InChI is InChI=1S/C33H38N2O13/c1-16(27(31(40)41)35-33(42)44-14-25-23-12-8-6-10-21(23)22-11-7-9-13-24(22)25)45-32-28(34-17(2)36)30(47-20(5)39)29(46-19(4)38)26(48-32)15-43-18(3)37/h6-13,16,25-30,32H,14-15H2,1-5H3,(H,34,36)(H,35,42)(H,40,41)/t16-,26+,27-,28+,29-,30+,32-/m0/s1. The van der Waals surface area contributed by atoms with Crippen LogP contribution in [0.1, 0.15) is 51.7 Å². The maximum Gasteiger partial charge on any atom is 0.407 e. The van der Waals surface area contributed by atoms with Crippen molar-refractivity contribution in [3.8, 4) is 11.1 Å². The monoisotopic (exact) mass is 670 g/mol. The highest BCUT2D eigenvalue weighted by Crippen LogP contribution is 2.44. The average molecular weight is 671 g/mol. The number of fused-ring (bicyclic) bond motifs is 3. The molecule has 1 aliphatic carbocycles. The number of benzene rings is 2. The second kappa shape index (κ2) is 15.7. The average Bonchev–Trinajstić information content (AvgIpc) is 3.33. The lowest BCUT2D eigenvalue weighted by Crippen LogP contribution is -2.67. The molecule has 3 N–H and O–H groups in total. The van der Waals surface area contributed by atoms with Crippen LogP contribution in [0.25, 0.3) is 11.1 Å². The summed E-state index contributed by atoms with van der Waals surface area (Å²) in [6.07, 6.45) is -7.98. The Morgan fingerprint density at radius 1 is 0.792 bits per heavy atom. The van der Waals surface area contributed by atoms with Crippen LogP contribution < -0.4 is 10.6 Å². The van der Waals surface area contributed by atoms with E-state index in [0.29, 0.717) is 0 Å². The van der Waals surface area contributed by atoms with Crippen molar-refractivity contribution in [1.29, 1.82) is 0 Å². The maximum atomic E-state index is 13.0. The predicted octanol–water partition coefficient (Wildman–Crippen LogP) is 2.04. The Kier molecular flexibility index (Phi) is 11.7. The number of hydrogen-bond acceptors (Lipinski definition) is 12. The van der Waals surface area contributed by atoms with Crippen LogP contribution in [0.15, 0.2) is 48.5 Å². The largest absolute Gasteiger partial charge is 0.480 e. The van der Waals surface area contributed by atoms with Gasteiger partial charge in [0, 0.05) is 33.6 Å². The van der Waals surface area contributed by atoms with Gasteiger partial charge in [-0.25, -0.2) is 9.59 Å². The van der Waals surface area contributed by atoms with Crippen LogP contribution in [0.3, 0.4) is 0 Å². The molecule has 0 unspecified atom stereocenters. The third-order valence-corrected chi connectivity index (χ3v) is 7.77. The number of esters is 3. The van der Waals surface area contributed by atoms with E-state index >= 15 is 0 Å². The molecular formula is C33H38N2O13. The summed E-state index contributed by atoms with van der Waals surface area (Å²) in [5.74, 6) is -4.67. The highest BCUT2D eigenvalue weighted by Gasteiger charge is 2.52. The molecular weight excluding hydrogens is 632 g/mol. The number of ether oxygens (including phenoxy) is 6.